The number of hydrogen-bond acceptors (Lipinski definition) is 5. The number of halogens is 1. The predicted molar refractivity (Wildman–Crippen MR) is 85.6 cm³/mol. The van der Waals surface area contributed by atoms with Gasteiger partial charge in [0.05, 0.1) is 10.5 Å². The molecule has 1 amide bonds. The molecule has 2 rings (SSSR count). The maximum absolute atomic E-state index is 12.1. The number of nitrogens with zero attached hydrogens (tertiary/aromatic N) is 2. The van der Waals surface area contributed by atoms with E-state index in [9.17, 15) is 13.2 Å². The molecule has 0 aromatic carbocycles. The smallest absolute Gasteiger partial charge is 0.223 e. The van der Waals surface area contributed by atoms with E-state index in [0.717, 1.165) is 26.2 Å². The lowest BCUT2D eigenvalue weighted by atomic mass is 10.1. The first-order valence-electron chi connectivity index (χ1n) is 7.25. The SMILES string of the molecule is CC1(C)CN(CCC(=O)N2CCNCC2)CCS1(=O)=O.Cl. The van der Waals surface area contributed by atoms with Gasteiger partial charge in [-0.25, -0.2) is 8.42 Å². The van der Waals surface area contributed by atoms with Crippen molar-refractivity contribution in [1.29, 1.82) is 0 Å². The van der Waals surface area contributed by atoms with E-state index in [4.69, 9.17) is 0 Å². The number of rotatable bonds is 3. The van der Waals surface area contributed by atoms with Crippen LogP contribution in [0.15, 0.2) is 0 Å². The molecule has 0 spiro atoms. The number of carbonyl (C=O) groups is 1. The number of nitrogens with one attached hydrogen (secondary N) is 1. The molecule has 0 atom stereocenters. The summed E-state index contributed by atoms with van der Waals surface area (Å²) in [5.74, 6) is 0.375. The quantitative estimate of drug-likeness (QED) is 0.767. The third-order valence-electron chi connectivity index (χ3n) is 4.23. The molecule has 2 fully saturated rings. The monoisotopic (exact) mass is 339 g/mol. The molecule has 2 aliphatic heterocycles. The minimum absolute atomic E-state index is 0. The van der Waals surface area contributed by atoms with Crippen molar-refractivity contribution in [3.05, 3.63) is 0 Å². The fraction of sp³-hybridized carbons (Fsp3) is 0.923. The Morgan fingerprint density at radius 3 is 2.38 bits per heavy atom. The van der Waals surface area contributed by atoms with E-state index in [1.807, 2.05) is 4.90 Å². The second-order valence-electron chi connectivity index (χ2n) is 6.24. The van der Waals surface area contributed by atoms with Crippen molar-refractivity contribution in [3.63, 3.8) is 0 Å². The van der Waals surface area contributed by atoms with Gasteiger partial charge in [0.2, 0.25) is 5.91 Å². The van der Waals surface area contributed by atoms with E-state index in [1.165, 1.54) is 0 Å². The summed E-state index contributed by atoms with van der Waals surface area (Å²) in [6, 6.07) is 0. The van der Waals surface area contributed by atoms with Crippen LogP contribution in [0, 0.1) is 0 Å². The van der Waals surface area contributed by atoms with E-state index in [2.05, 4.69) is 10.2 Å². The van der Waals surface area contributed by atoms with E-state index in [1.54, 1.807) is 13.8 Å². The van der Waals surface area contributed by atoms with Crippen LogP contribution >= 0.6 is 12.4 Å². The summed E-state index contributed by atoms with van der Waals surface area (Å²) in [6.07, 6.45) is 0.482. The largest absolute Gasteiger partial charge is 0.340 e. The van der Waals surface area contributed by atoms with Crippen LogP contribution in [-0.2, 0) is 14.6 Å². The van der Waals surface area contributed by atoms with E-state index >= 15 is 0 Å². The van der Waals surface area contributed by atoms with Crippen molar-refractivity contribution in [1.82, 2.24) is 15.1 Å². The Balaban J connectivity index is 0.00000220. The minimum atomic E-state index is -3.00. The van der Waals surface area contributed by atoms with Crippen molar-refractivity contribution in [2.24, 2.45) is 0 Å². The molecule has 2 aliphatic rings. The summed E-state index contributed by atoms with van der Waals surface area (Å²) in [5.41, 5.74) is 0. The zero-order valence-corrected chi connectivity index (χ0v) is 14.4. The zero-order chi connectivity index (χ0) is 14.8. The molecule has 0 aromatic rings. The van der Waals surface area contributed by atoms with E-state index in [0.29, 0.717) is 26.1 Å². The van der Waals surface area contributed by atoms with Crippen molar-refractivity contribution < 1.29 is 13.2 Å². The maximum Gasteiger partial charge on any atom is 0.223 e. The Labute approximate surface area is 133 Å². The van der Waals surface area contributed by atoms with Crippen LogP contribution in [0.4, 0.5) is 0 Å². The first kappa shape index (κ1) is 18.7. The van der Waals surface area contributed by atoms with Gasteiger partial charge in [-0.3, -0.25) is 4.79 Å². The predicted octanol–water partition coefficient (Wildman–Crippen LogP) is -0.261. The summed E-state index contributed by atoms with van der Waals surface area (Å²) >= 11 is 0. The van der Waals surface area contributed by atoms with Gasteiger partial charge >= 0.3 is 0 Å². The molecule has 1 N–H and O–H groups in total. The average Bonchev–Trinajstić information content (AvgIpc) is 2.41. The lowest BCUT2D eigenvalue weighted by Crippen LogP contribution is -2.53. The van der Waals surface area contributed by atoms with Crippen LogP contribution in [-0.4, -0.2) is 80.4 Å². The number of sulfone groups is 1. The summed E-state index contributed by atoms with van der Waals surface area (Å²) < 4.78 is 23.1. The molecular formula is C13H26ClN3O3S. The molecule has 2 saturated heterocycles. The fourth-order valence-electron chi connectivity index (χ4n) is 2.76. The molecule has 8 heteroatoms. The Kier molecular flexibility index (Phi) is 6.46. The molecule has 124 valence electrons. The van der Waals surface area contributed by atoms with Gasteiger partial charge in [-0.05, 0) is 13.8 Å². The normalized spacial score (nSPS) is 25.1. The Bertz CT molecular complexity index is 461. The van der Waals surface area contributed by atoms with Crippen LogP contribution < -0.4 is 5.32 Å². The highest BCUT2D eigenvalue weighted by atomic mass is 35.5. The molecule has 6 nitrogen and oxygen atoms in total. The number of amides is 1. The average molecular weight is 340 g/mol. The van der Waals surface area contributed by atoms with Gasteiger partial charge in [0.25, 0.3) is 0 Å². The van der Waals surface area contributed by atoms with Crippen LogP contribution in [0.2, 0.25) is 0 Å². The fourth-order valence-corrected chi connectivity index (χ4v) is 4.19. The van der Waals surface area contributed by atoms with E-state index < -0.39 is 14.6 Å². The Morgan fingerprint density at radius 1 is 1.19 bits per heavy atom. The summed E-state index contributed by atoms with van der Waals surface area (Å²) in [4.78, 5) is 16.1. The molecule has 0 radical (unpaired) electrons. The molecule has 0 saturated carbocycles. The second kappa shape index (κ2) is 7.26. The van der Waals surface area contributed by atoms with Gasteiger partial charge < -0.3 is 15.1 Å². The molecule has 21 heavy (non-hydrogen) atoms. The highest BCUT2D eigenvalue weighted by Gasteiger charge is 2.39. The standard InChI is InChI=1S/C13H25N3O3S.ClH/c1-13(2)11-15(9-10-20(13,18)19)6-3-12(17)16-7-4-14-5-8-16;/h14H,3-11H2,1-2H3;1H. The van der Waals surface area contributed by atoms with Gasteiger partial charge in [0.15, 0.2) is 9.84 Å². The van der Waals surface area contributed by atoms with Gasteiger partial charge in [-0.2, -0.15) is 0 Å². The first-order valence-corrected chi connectivity index (χ1v) is 8.90. The van der Waals surface area contributed by atoms with Crippen LogP contribution in [0.25, 0.3) is 0 Å². The van der Waals surface area contributed by atoms with Crippen molar-refractivity contribution in [2.45, 2.75) is 25.0 Å². The Morgan fingerprint density at radius 2 is 1.81 bits per heavy atom. The third kappa shape index (κ3) is 4.55. The highest BCUT2D eigenvalue weighted by Crippen LogP contribution is 2.23. The van der Waals surface area contributed by atoms with Gasteiger partial charge in [0, 0.05) is 52.2 Å². The highest BCUT2D eigenvalue weighted by molar-refractivity contribution is 7.92. The molecule has 0 aromatic heterocycles. The van der Waals surface area contributed by atoms with Crippen LogP contribution in [0.3, 0.4) is 0 Å². The summed E-state index contributed by atoms with van der Waals surface area (Å²) in [5, 5.41) is 3.22. The molecule has 0 unspecified atom stereocenters. The molecular weight excluding hydrogens is 314 g/mol. The summed E-state index contributed by atoms with van der Waals surface area (Å²) in [6.45, 7) is 8.53. The second-order valence-corrected chi connectivity index (χ2v) is 8.98. The maximum atomic E-state index is 12.1. The number of piperazine rings is 1. The summed E-state index contributed by atoms with van der Waals surface area (Å²) in [7, 11) is -3.00. The first-order chi connectivity index (χ1) is 9.32. The molecule has 2 heterocycles. The lowest BCUT2D eigenvalue weighted by molar-refractivity contribution is -0.132. The molecule has 0 aliphatic carbocycles. The van der Waals surface area contributed by atoms with Crippen molar-refractivity contribution in [3.8, 4) is 0 Å². The zero-order valence-electron chi connectivity index (χ0n) is 12.8. The molecule has 0 bridgehead atoms. The lowest BCUT2D eigenvalue weighted by Gasteiger charge is -2.37. The van der Waals surface area contributed by atoms with Gasteiger partial charge in [-0.15, -0.1) is 12.4 Å². The minimum Gasteiger partial charge on any atom is -0.340 e. The third-order valence-corrected chi connectivity index (χ3v) is 6.77. The Hall–Kier alpha value is -0.370. The van der Waals surface area contributed by atoms with Crippen molar-refractivity contribution >= 4 is 28.2 Å². The topological polar surface area (TPSA) is 69.7 Å². The van der Waals surface area contributed by atoms with Gasteiger partial charge in [-0.1, -0.05) is 0 Å². The van der Waals surface area contributed by atoms with E-state index in [-0.39, 0.29) is 24.1 Å². The van der Waals surface area contributed by atoms with Gasteiger partial charge in [0.1, 0.15) is 0 Å². The van der Waals surface area contributed by atoms with Crippen LogP contribution in [0.5, 0.6) is 0 Å². The van der Waals surface area contributed by atoms with Crippen molar-refractivity contribution in [2.75, 3.05) is 51.6 Å². The number of hydrogen-bond donors (Lipinski definition) is 1. The van der Waals surface area contributed by atoms with Crippen LogP contribution in [0.1, 0.15) is 20.3 Å². The number of carbonyl (C=O) groups excluding carboxylic acids is 1.